The van der Waals surface area contributed by atoms with E-state index in [0.717, 1.165) is 57.3 Å². The molecule has 0 bridgehead atoms. The molecule has 184 valence electrons. The minimum Gasteiger partial charge on any atom is -0.342 e. The Morgan fingerprint density at radius 2 is 1.47 bits per heavy atom. The van der Waals surface area contributed by atoms with Gasteiger partial charge in [0.1, 0.15) is 12.1 Å². The summed E-state index contributed by atoms with van der Waals surface area (Å²) in [6.07, 6.45) is 10.0. The topological polar surface area (TPSA) is 64.2 Å². The Balaban J connectivity index is 1.32. The van der Waals surface area contributed by atoms with Crippen molar-refractivity contribution in [2.24, 2.45) is 5.92 Å². The highest BCUT2D eigenvalue weighted by molar-refractivity contribution is 5.96. The molecule has 5 rings (SSSR count). The Kier molecular flexibility index (Phi) is 6.79. The molecule has 1 saturated carbocycles. The van der Waals surface area contributed by atoms with E-state index >= 15 is 0 Å². The first-order valence-electron chi connectivity index (χ1n) is 13.3. The van der Waals surface area contributed by atoms with Crippen LogP contribution in [0.5, 0.6) is 0 Å². The number of hydrogen-bond donors (Lipinski definition) is 0. The number of hydrogen-bond acceptors (Lipinski definition) is 4. The number of amides is 3. The van der Waals surface area contributed by atoms with Gasteiger partial charge in [0.15, 0.2) is 0 Å². The second-order valence-corrected chi connectivity index (χ2v) is 10.5. The number of carbonyl (C=O) groups is 3. The monoisotopic (exact) mass is 466 g/mol. The third-order valence-electron chi connectivity index (χ3n) is 8.47. The van der Waals surface area contributed by atoms with E-state index in [1.807, 2.05) is 40.1 Å². The summed E-state index contributed by atoms with van der Waals surface area (Å²) in [5.74, 6) is 0.545. The van der Waals surface area contributed by atoms with Gasteiger partial charge in [0.05, 0.1) is 6.67 Å². The van der Waals surface area contributed by atoms with Crippen LogP contribution in [0.25, 0.3) is 0 Å². The second-order valence-electron chi connectivity index (χ2n) is 10.5. The predicted molar refractivity (Wildman–Crippen MR) is 131 cm³/mol. The highest BCUT2D eigenvalue weighted by atomic mass is 16.2. The molecule has 34 heavy (non-hydrogen) atoms. The molecule has 1 aliphatic carbocycles. The number of piperidine rings is 2. The molecule has 3 aliphatic heterocycles. The minimum atomic E-state index is -0.674. The van der Waals surface area contributed by atoms with Gasteiger partial charge in [-0.1, -0.05) is 37.5 Å². The fourth-order valence-corrected chi connectivity index (χ4v) is 6.43. The summed E-state index contributed by atoms with van der Waals surface area (Å²) < 4.78 is 0. The van der Waals surface area contributed by atoms with E-state index in [-0.39, 0.29) is 30.2 Å². The van der Waals surface area contributed by atoms with Crippen molar-refractivity contribution < 1.29 is 14.4 Å². The molecular formula is C27H38N4O3. The predicted octanol–water partition coefficient (Wildman–Crippen LogP) is 3.25. The Bertz CT molecular complexity index is 884. The van der Waals surface area contributed by atoms with Crippen LogP contribution in [0.4, 0.5) is 5.69 Å². The third kappa shape index (κ3) is 4.41. The third-order valence-corrected chi connectivity index (χ3v) is 8.47. The number of rotatable bonds is 4. The number of carbonyl (C=O) groups excluding carboxylic acids is 3. The van der Waals surface area contributed by atoms with Crippen molar-refractivity contribution in [3.8, 4) is 0 Å². The summed E-state index contributed by atoms with van der Waals surface area (Å²) in [5, 5.41) is 0. The molecular weight excluding hydrogens is 428 g/mol. The van der Waals surface area contributed by atoms with Crippen LogP contribution < -0.4 is 4.90 Å². The molecule has 0 unspecified atom stereocenters. The molecule has 0 aromatic heterocycles. The molecule has 4 fully saturated rings. The smallest absolute Gasteiger partial charge is 0.250 e. The zero-order chi connectivity index (χ0) is 23.5. The lowest BCUT2D eigenvalue weighted by molar-refractivity contribution is -0.143. The standard InChI is InChI=1S/C27H38N4O3/c32-24(28-16-8-3-9-17-28)20-30-21-31(23-12-6-2-7-13-23)27(26(30)34)14-18-29(19-15-27)25(33)22-10-4-1-5-11-22/h2,6-7,12-13,22H,1,3-5,8-11,14-21H2. The summed E-state index contributed by atoms with van der Waals surface area (Å²) in [4.78, 5) is 47.9. The van der Waals surface area contributed by atoms with Crippen LogP contribution in [0.1, 0.15) is 64.2 Å². The highest BCUT2D eigenvalue weighted by Crippen LogP contribution is 2.40. The van der Waals surface area contributed by atoms with Gasteiger partial charge in [0.25, 0.3) is 5.91 Å². The average molecular weight is 467 g/mol. The van der Waals surface area contributed by atoms with Gasteiger partial charge in [0, 0.05) is 37.8 Å². The summed E-state index contributed by atoms with van der Waals surface area (Å²) in [7, 11) is 0. The largest absolute Gasteiger partial charge is 0.342 e. The highest BCUT2D eigenvalue weighted by Gasteiger charge is 2.54. The van der Waals surface area contributed by atoms with Gasteiger partial charge in [-0.25, -0.2) is 0 Å². The first kappa shape index (κ1) is 23.2. The number of para-hydroxylation sites is 1. The van der Waals surface area contributed by atoms with Gasteiger partial charge in [-0.15, -0.1) is 0 Å². The Labute approximate surface area is 203 Å². The lowest BCUT2D eigenvalue weighted by Gasteiger charge is -2.44. The van der Waals surface area contributed by atoms with Crippen LogP contribution in [0.2, 0.25) is 0 Å². The molecule has 3 saturated heterocycles. The number of nitrogens with zero attached hydrogens (tertiary/aromatic N) is 4. The van der Waals surface area contributed by atoms with Crippen molar-refractivity contribution in [3.63, 3.8) is 0 Å². The van der Waals surface area contributed by atoms with Crippen LogP contribution in [0.3, 0.4) is 0 Å². The Morgan fingerprint density at radius 1 is 0.824 bits per heavy atom. The van der Waals surface area contributed by atoms with Gasteiger partial charge in [0.2, 0.25) is 11.8 Å². The molecule has 1 aromatic carbocycles. The first-order chi connectivity index (χ1) is 16.6. The summed E-state index contributed by atoms with van der Waals surface area (Å²) in [6.45, 7) is 3.39. The van der Waals surface area contributed by atoms with E-state index in [0.29, 0.717) is 32.6 Å². The van der Waals surface area contributed by atoms with Crippen molar-refractivity contribution in [1.29, 1.82) is 0 Å². The maximum absolute atomic E-state index is 13.9. The zero-order valence-corrected chi connectivity index (χ0v) is 20.3. The van der Waals surface area contributed by atoms with Crippen molar-refractivity contribution in [1.82, 2.24) is 14.7 Å². The van der Waals surface area contributed by atoms with Gasteiger partial charge in [-0.05, 0) is 57.1 Å². The zero-order valence-electron chi connectivity index (χ0n) is 20.3. The molecule has 4 aliphatic rings. The number of likely N-dealkylation sites (tertiary alicyclic amines) is 2. The Hall–Kier alpha value is -2.57. The van der Waals surface area contributed by atoms with Gasteiger partial charge in [-0.3, -0.25) is 14.4 Å². The lowest BCUT2D eigenvalue weighted by Crippen LogP contribution is -2.58. The van der Waals surface area contributed by atoms with Crippen molar-refractivity contribution in [2.45, 2.75) is 69.7 Å². The average Bonchev–Trinajstić information content (AvgIpc) is 3.16. The lowest BCUT2D eigenvalue weighted by atomic mass is 9.83. The number of benzene rings is 1. The van der Waals surface area contributed by atoms with E-state index < -0.39 is 5.54 Å². The molecule has 1 spiro atoms. The van der Waals surface area contributed by atoms with E-state index in [2.05, 4.69) is 4.90 Å². The Morgan fingerprint density at radius 3 is 2.15 bits per heavy atom. The second kappa shape index (κ2) is 9.96. The van der Waals surface area contributed by atoms with Crippen molar-refractivity contribution in [2.75, 3.05) is 44.3 Å². The fraction of sp³-hybridized carbons (Fsp3) is 0.667. The van der Waals surface area contributed by atoms with Crippen LogP contribution in [0.15, 0.2) is 30.3 Å². The molecule has 0 radical (unpaired) electrons. The van der Waals surface area contributed by atoms with Crippen LogP contribution >= 0.6 is 0 Å². The molecule has 1 aromatic rings. The van der Waals surface area contributed by atoms with Crippen LogP contribution in [-0.2, 0) is 14.4 Å². The first-order valence-corrected chi connectivity index (χ1v) is 13.3. The maximum atomic E-state index is 13.9. The fourth-order valence-electron chi connectivity index (χ4n) is 6.43. The molecule has 7 nitrogen and oxygen atoms in total. The summed E-state index contributed by atoms with van der Waals surface area (Å²) >= 11 is 0. The van der Waals surface area contributed by atoms with E-state index in [1.165, 1.54) is 12.8 Å². The van der Waals surface area contributed by atoms with Gasteiger partial charge < -0.3 is 19.6 Å². The summed E-state index contributed by atoms with van der Waals surface area (Å²) in [6, 6.07) is 10.1. The minimum absolute atomic E-state index is 0.0477. The van der Waals surface area contributed by atoms with Crippen LogP contribution in [-0.4, -0.2) is 77.4 Å². The quantitative estimate of drug-likeness (QED) is 0.683. The van der Waals surface area contributed by atoms with E-state index in [1.54, 1.807) is 4.90 Å². The maximum Gasteiger partial charge on any atom is 0.250 e. The van der Waals surface area contributed by atoms with Crippen LogP contribution in [0, 0.1) is 5.92 Å². The van der Waals surface area contributed by atoms with Gasteiger partial charge >= 0.3 is 0 Å². The summed E-state index contributed by atoms with van der Waals surface area (Å²) in [5.41, 5.74) is 0.336. The van der Waals surface area contributed by atoms with Crippen molar-refractivity contribution in [3.05, 3.63) is 30.3 Å². The van der Waals surface area contributed by atoms with E-state index in [4.69, 9.17) is 0 Å². The number of anilines is 1. The SMILES string of the molecule is O=C(CN1CN(c2ccccc2)C2(CCN(C(=O)C3CCCCC3)CC2)C1=O)N1CCCCC1. The molecule has 3 heterocycles. The van der Waals surface area contributed by atoms with E-state index in [9.17, 15) is 14.4 Å². The molecule has 0 N–H and O–H groups in total. The molecule has 7 heteroatoms. The molecule has 3 amide bonds. The normalized spacial score (nSPS) is 23.6. The van der Waals surface area contributed by atoms with Crippen molar-refractivity contribution >= 4 is 23.4 Å². The molecule has 0 atom stereocenters. The van der Waals surface area contributed by atoms with Gasteiger partial charge in [-0.2, -0.15) is 0 Å².